The molecule has 2 aliphatic heterocycles. The number of nitrogens with one attached hydrogen (secondary N) is 2. The van der Waals surface area contributed by atoms with Gasteiger partial charge in [-0.25, -0.2) is 13.1 Å². The van der Waals surface area contributed by atoms with Crippen LogP contribution in [-0.2, 0) is 10.0 Å². The Labute approximate surface area is 129 Å². The maximum atomic E-state index is 12.4. The van der Waals surface area contributed by atoms with Gasteiger partial charge in [0.05, 0.1) is 5.25 Å². The van der Waals surface area contributed by atoms with Crippen molar-refractivity contribution in [3.8, 4) is 0 Å². The van der Waals surface area contributed by atoms with E-state index in [9.17, 15) is 8.42 Å². The Morgan fingerprint density at radius 1 is 1.14 bits per heavy atom. The fraction of sp³-hybridized carbons (Fsp3) is 1.00. The molecule has 0 aromatic heterocycles. The summed E-state index contributed by atoms with van der Waals surface area (Å²) in [5.41, 5.74) is 0. The molecule has 3 unspecified atom stereocenters. The van der Waals surface area contributed by atoms with Crippen molar-refractivity contribution in [2.75, 3.05) is 13.6 Å². The topological polar surface area (TPSA) is 61.4 Å². The molecule has 2 bridgehead atoms. The number of piperidine rings is 2. The average molecular weight is 317 g/mol. The molecule has 124 valence electrons. The molecule has 0 amide bonds. The van der Waals surface area contributed by atoms with Crippen LogP contribution >= 0.6 is 0 Å². The smallest absolute Gasteiger partial charge is 0.215 e. The zero-order valence-electron chi connectivity index (χ0n) is 13.8. The normalized spacial score (nSPS) is 32.3. The van der Waals surface area contributed by atoms with Crippen molar-refractivity contribution in [1.29, 1.82) is 0 Å². The van der Waals surface area contributed by atoms with E-state index in [4.69, 9.17) is 0 Å². The molecular formula is C15H31N3O2S. The first-order chi connectivity index (χ1) is 9.79. The van der Waals surface area contributed by atoms with Crippen molar-refractivity contribution < 1.29 is 8.42 Å². The predicted octanol–water partition coefficient (Wildman–Crippen LogP) is 1.31. The summed E-state index contributed by atoms with van der Waals surface area (Å²) in [5.74, 6) is 0. The van der Waals surface area contributed by atoms with Crippen LogP contribution in [0.15, 0.2) is 0 Å². The summed E-state index contributed by atoms with van der Waals surface area (Å²) >= 11 is 0. The summed E-state index contributed by atoms with van der Waals surface area (Å²) < 4.78 is 27.9. The van der Waals surface area contributed by atoms with E-state index in [0.717, 1.165) is 12.8 Å². The van der Waals surface area contributed by atoms with E-state index in [0.29, 0.717) is 24.7 Å². The number of rotatable bonds is 6. The van der Waals surface area contributed by atoms with Gasteiger partial charge in [-0.1, -0.05) is 20.3 Å². The fourth-order valence-electron chi connectivity index (χ4n) is 3.57. The zero-order valence-corrected chi connectivity index (χ0v) is 14.6. The van der Waals surface area contributed by atoms with Crippen LogP contribution in [0.5, 0.6) is 0 Å². The van der Waals surface area contributed by atoms with Crippen LogP contribution in [0, 0.1) is 0 Å². The Kier molecular flexibility index (Phi) is 5.68. The molecule has 0 aliphatic carbocycles. The summed E-state index contributed by atoms with van der Waals surface area (Å²) in [5, 5.41) is 2.82. The number of hydrogen-bond donors (Lipinski definition) is 2. The molecule has 2 N–H and O–H groups in total. The number of hydrogen-bond acceptors (Lipinski definition) is 4. The molecule has 2 aliphatic rings. The molecule has 0 aromatic carbocycles. The summed E-state index contributed by atoms with van der Waals surface area (Å²) in [4.78, 5) is 2.46. The lowest BCUT2D eigenvalue weighted by molar-refractivity contribution is 0.0535. The van der Waals surface area contributed by atoms with Gasteiger partial charge in [-0.15, -0.1) is 0 Å². The van der Waals surface area contributed by atoms with Gasteiger partial charge in [0.15, 0.2) is 0 Å². The molecule has 2 heterocycles. The molecule has 2 saturated heterocycles. The van der Waals surface area contributed by atoms with Gasteiger partial charge in [-0.05, 0) is 39.7 Å². The van der Waals surface area contributed by atoms with E-state index in [1.54, 1.807) is 6.92 Å². The third-order valence-electron chi connectivity index (χ3n) is 5.01. The number of fused-ring (bicyclic) bond motifs is 2. The van der Waals surface area contributed by atoms with Gasteiger partial charge in [0.2, 0.25) is 10.0 Å². The van der Waals surface area contributed by atoms with Crippen molar-refractivity contribution in [2.45, 2.75) is 82.3 Å². The quantitative estimate of drug-likeness (QED) is 0.775. The third kappa shape index (κ3) is 4.41. The summed E-state index contributed by atoms with van der Waals surface area (Å²) in [6, 6.07) is 1.52. The van der Waals surface area contributed by atoms with Crippen molar-refractivity contribution in [3.05, 3.63) is 0 Å². The first-order valence-electron chi connectivity index (χ1n) is 8.26. The lowest BCUT2D eigenvalue weighted by atomic mass is 9.83. The van der Waals surface area contributed by atoms with Gasteiger partial charge >= 0.3 is 0 Å². The first kappa shape index (κ1) is 17.2. The van der Waals surface area contributed by atoms with Crippen LogP contribution in [0.4, 0.5) is 0 Å². The molecule has 0 radical (unpaired) electrons. The van der Waals surface area contributed by atoms with Crippen LogP contribution < -0.4 is 10.0 Å². The van der Waals surface area contributed by atoms with Gasteiger partial charge in [0.1, 0.15) is 0 Å². The first-order valence-corrected chi connectivity index (χ1v) is 9.80. The van der Waals surface area contributed by atoms with Crippen LogP contribution in [0.1, 0.15) is 52.9 Å². The molecule has 5 nitrogen and oxygen atoms in total. The summed E-state index contributed by atoms with van der Waals surface area (Å²) in [6.45, 7) is 6.36. The fourth-order valence-corrected chi connectivity index (χ4v) is 4.78. The Morgan fingerprint density at radius 2 is 1.71 bits per heavy atom. The minimum atomic E-state index is -3.24. The Balaban J connectivity index is 1.91. The zero-order chi connectivity index (χ0) is 15.6. The maximum absolute atomic E-state index is 12.4. The van der Waals surface area contributed by atoms with Crippen LogP contribution in [0.2, 0.25) is 0 Å². The highest BCUT2D eigenvalue weighted by molar-refractivity contribution is 7.90. The van der Waals surface area contributed by atoms with Crippen molar-refractivity contribution in [1.82, 2.24) is 14.9 Å². The van der Waals surface area contributed by atoms with Gasteiger partial charge in [0, 0.05) is 30.7 Å². The molecule has 0 saturated carbocycles. The minimum Gasteiger partial charge on any atom is -0.313 e. The minimum absolute atomic E-state index is 0.114. The second-order valence-corrected chi connectivity index (χ2v) is 9.24. The van der Waals surface area contributed by atoms with E-state index < -0.39 is 10.0 Å². The maximum Gasteiger partial charge on any atom is 0.215 e. The Hall–Kier alpha value is -0.170. The van der Waals surface area contributed by atoms with Crippen molar-refractivity contribution >= 4 is 10.0 Å². The molecule has 2 fully saturated rings. The lowest BCUT2D eigenvalue weighted by Gasteiger charge is -2.47. The number of nitrogens with zero attached hydrogens (tertiary/aromatic N) is 1. The van der Waals surface area contributed by atoms with E-state index in [-0.39, 0.29) is 11.3 Å². The Morgan fingerprint density at radius 3 is 2.24 bits per heavy atom. The molecule has 3 atom stereocenters. The van der Waals surface area contributed by atoms with Crippen molar-refractivity contribution in [2.24, 2.45) is 0 Å². The predicted molar refractivity (Wildman–Crippen MR) is 86.9 cm³/mol. The lowest BCUT2D eigenvalue weighted by Crippen LogP contribution is -2.56. The van der Waals surface area contributed by atoms with Crippen LogP contribution in [0.3, 0.4) is 0 Å². The van der Waals surface area contributed by atoms with Gasteiger partial charge in [-0.3, -0.25) is 0 Å². The standard InChI is InChI=1S/C15H31N3O2S/c1-11(2)16-10-12(3)21(19,20)17-13-8-14-6-5-7-15(9-13)18(14)4/h11-17H,5-10H2,1-4H3. The second-order valence-electron chi connectivity index (χ2n) is 7.11. The second kappa shape index (κ2) is 6.94. The summed E-state index contributed by atoms with van der Waals surface area (Å²) in [6.07, 6.45) is 5.60. The van der Waals surface area contributed by atoms with E-state index in [1.807, 2.05) is 13.8 Å². The monoisotopic (exact) mass is 317 g/mol. The van der Waals surface area contributed by atoms with Gasteiger partial charge in [-0.2, -0.15) is 0 Å². The molecule has 0 aromatic rings. The van der Waals surface area contributed by atoms with Crippen LogP contribution in [0.25, 0.3) is 0 Å². The Bertz CT molecular complexity index is 424. The number of sulfonamides is 1. The SMILES string of the molecule is CC(C)NCC(C)S(=O)(=O)NC1CC2CCCC(C1)N2C. The molecule has 6 heteroatoms. The van der Waals surface area contributed by atoms with Crippen LogP contribution in [-0.4, -0.2) is 56.3 Å². The van der Waals surface area contributed by atoms with E-state index >= 15 is 0 Å². The average Bonchev–Trinajstić information content (AvgIpc) is 2.36. The van der Waals surface area contributed by atoms with E-state index in [2.05, 4.69) is 22.0 Å². The highest BCUT2D eigenvalue weighted by Crippen LogP contribution is 2.32. The highest BCUT2D eigenvalue weighted by Gasteiger charge is 2.37. The van der Waals surface area contributed by atoms with Gasteiger partial charge < -0.3 is 10.2 Å². The largest absolute Gasteiger partial charge is 0.313 e. The molecule has 2 rings (SSSR count). The third-order valence-corrected chi connectivity index (χ3v) is 6.90. The van der Waals surface area contributed by atoms with Crippen molar-refractivity contribution in [3.63, 3.8) is 0 Å². The van der Waals surface area contributed by atoms with Gasteiger partial charge in [0.25, 0.3) is 0 Å². The summed E-state index contributed by atoms with van der Waals surface area (Å²) in [7, 11) is -1.05. The van der Waals surface area contributed by atoms with E-state index in [1.165, 1.54) is 19.3 Å². The molecular weight excluding hydrogens is 286 g/mol. The highest BCUT2D eigenvalue weighted by atomic mass is 32.2. The molecule has 0 spiro atoms. The molecule has 21 heavy (non-hydrogen) atoms.